The van der Waals surface area contributed by atoms with E-state index in [1.807, 2.05) is 12.3 Å². The van der Waals surface area contributed by atoms with Crippen molar-refractivity contribution in [2.75, 3.05) is 18.0 Å². The van der Waals surface area contributed by atoms with Gasteiger partial charge in [-0.3, -0.25) is 0 Å². The lowest BCUT2D eigenvalue weighted by Gasteiger charge is -2.40. The van der Waals surface area contributed by atoms with Crippen LogP contribution in [0.1, 0.15) is 19.8 Å². The summed E-state index contributed by atoms with van der Waals surface area (Å²) in [7, 11) is 0. The van der Waals surface area contributed by atoms with Crippen LogP contribution >= 0.6 is 31.9 Å². The molecule has 0 aromatic carbocycles. The van der Waals surface area contributed by atoms with Crippen LogP contribution in [0.4, 0.5) is 5.82 Å². The number of halogens is 2. The lowest BCUT2D eigenvalue weighted by atomic mass is 9.91. The third kappa shape index (κ3) is 2.83. The molecule has 0 bridgehead atoms. The molecule has 1 saturated heterocycles. The second kappa shape index (κ2) is 5.67. The molecule has 0 amide bonds. The number of piperidine rings is 1. The van der Waals surface area contributed by atoms with E-state index in [0.29, 0.717) is 18.5 Å². The van der Waals surface area contributed by atoms with E-state index >= 15 is 0 Å². The molecule has 1 aliphatic heterocycles. The highest BCUT2D eigenvalue weighted by Crippen LogP contribution is 2.32. The standard InChI is InChI=1S/C12H17Br2N3/c1-8-3-2-4-17(11(8)6-15)12-10(14)5-9(13)7-16-12/h5,7-8,11H,2-4,6,15H2,1H3. The summed E-state index contributed by atoms with van der Waals surface area (Å²) in [5, 5.41) is 0. The minimum Gasteiger partial charge on any atom is -0.351 e. The normalized spacial score (nSPS) is 25.1. The van der Waals surface area contributed by atoms with E-state index in [9.17, 15) is 0 Å². The van der Waals surface area contributed by atoms with Gasteiger partial charge in [0.15, 0.2) is 0 Å². The molecule has 2 rings (SSSR count). The van der Waals surface area contributed by atoms with Gasteiger partial charge in [-0.15, -0.1) is 0 Å². The minimum absolute atomic E-state index is 0.397. The summed E-state index contributed by atoms with van der Waals surface area (Å²) in [6, 6.07) is 2.43. The van der Waals surface area contributed by atoms with Crippen molar-refractivity contribution in [2.45, 2.75) is 25.8 Å². The van der Waals surface area contributed by atoms with Crippen molar-refractivity contribution >= 4 is 37.7 Å². The molecule has 1 aliphatic rings. The third-order valence-corrected chi connectivity index (χ3v) is 4.43. The van der Waals surface area contributed by atoms with Crippen molar-refractivity contribution in [1.82, 2.24) is 4.98 Å². The summed E-state index contributed by atoms with van der Waals surface area (Å²) < 4.78 is 2.02. The second-order valence-electron chi connectivity index (χ2n) is 4.57. The van der Waals surface area contributed by atoms with Crippen molar-refractivity contribution in [3.63, 3.8) is 0 Å². The maximum atomic E-state index is 5.91. The molecule has 0 saturated carbocycles. The highest BCUT2D eigenvalue weighted by molar-refractivity contribution is 9.11. The predicted molar refractivity (Wildman–Crippen MR) is 78.2 cm³/mol. The van der Waals surface area contributed by atoms with Crippen molar-refractivity contribution in [1.29, 1.82) is 0 Å². The van der Waals surface area contributed by atoms with Gasteiger partial charge in [-0.25, -0.2) is 4.98 Å². The summed E-state index contributed by atoms with van der Waals surface area (Å²) in [5.74, 6) is 1.64. The molecule has 94 valence electrons. The van der Waals surface area contributed by atoms with Crippen LogP contribution in [0, 0.1) is 5.92 Å². The number of rotatable bonds is 2. The van der Waals surface area contributed by atoms with E-state index in [2.05, 4.69) is 48.7 Å². The zero-order valence-corrected chi connectivity index (χ0v) is 13.0. The van der Waals surface area contributed by atoms with Crippen LogP contribution in [0.3, 0.4) is 0 Å². The Kier molecular flexibility index (Phi) is 4.44. The largest absolute Gasteiger partial charge is 0.351 e. The van der Waals surface area contributed by atoms with E-state index in [4.69, 9.17) is 5.73 Å². The molecule has 3 nitrogen and oxygen atoms in total. The van der Waals surface area contributed by atoms with Gasteiger partial charge in [0.2, 0.25) is 0 Å². The molecule has 0 radical (unpaired) electrons. The van der Waals surface area contributed by atoms with Gasteiger partial charge in [0.25, 0.3) is 0 Å². The first-order valence-electron chi connectivity index (χ1n) is 5.91. The molecule has 17 heavy (non-hydrogen) atoms. The van der Waals surface area contributed by atoms with Gasteiger partial charge < -0.3 is 10.6 Å². The number of hydrogen-bond acceptors (Lipinski definition) is 3. The quantitative estimate of drug-likeness (QED) is 0.878. The summed E-state index contributed by atoms with van der Waals surface area (Å²) in [6.45, 7) is 4.00. The van der Waals surface area contributed by atoms with Crippen molar-refractivity contribution in [3.05, 3.63) is 21.2 Å². The highest BCUT2D eigenvalue weighted by Gasteiger charge is 2.29. The van der Waals surface area contributed by atoms with Gasteiger partial charge in [-0.05, 0) is 56.7 Å². The number of nitrogens with zero attached hydrogens (tertiary/aromatic N) is 2. The van der Waals surface area contributed by atoms with Crippen LogP contribution in [0.15, 0.2) is 21.2 Å². The van der Waals surface area contributed by atoms with E-state index in [0.717, 1.165) is 21.3 Å². The fourth-order valence-corrected chi connectivity index (χ4v) is 3.71. The molecule has 2 heterocycles. The van der Waals surface area contributed by atoms with Crippen LogP contribution in [-0.4, -0.2) is 24.1 Å². The van der Waals surface area contributed by atoms with Crippen LogP contribution < -0.4 is 10.6 Å². The Morgan fingerprint density at radius 3 is 2.94 bits per heavy atom. The fourth-order valence-electron chi connectivity index (χ4n) is 2.49. The lowest BCUT2D eigenvalue weighted by molar-refractivity contribution is 0.347. The molecular formula is C12H17Br2N3. The summed E-state index contributed by atoms with van der Waals surface area (Å²) in [4.78, 5) is 6.85. The van der Waals surface area contributed by atoms with Gasteiger partial charge in [0.1, 0.15) is 5.82 Å². The Bertz CT molecular complexity index is 397. The monoisotopic (exact) mass is 361 g/mol. The van der Waals surface area contributed by atoms with Crippen LogP contribution in [0.5, 0.6) is 0 Å². The van der Waals surface area contributed by atoms with E-state index in [-0.39, 0.29) is 0 Å². The Labute approximate surface area is 119 Å². The van der Waals surface area contributed by atoms with Gasteiger partial charge in [-0.2, -0.15) is 0 Å². The first kappa shape index (κ1) is 13.3. The van der Waals surface area contributed by atoms with E-state index < -0.39 is 0 Å². The van der Waals surface area contributed by atoms with Gasteiger partial charge in [0.05, 0.1) is 4.47 Å². The molecule has 2 N–H and O–H groups in total. The molecule has 5 heteroatoms. The van der Waals surface area contributed by atoms with Gasteiger partial charge in [-0.1, -0.05) is 6.92 Å². The van der Waals surface area contributed by atoms with Crippen LogP contribution in [0.25, 0.3) is 0 Å². The second-order valence-corrected chi connectivity index (χ2v) is 6.34. The molecular weight excluding hydrogens is 346 g/mol. The number of nitrogens with two attached hydrogens (primary N) is 1. The number of pyridine rings is 1. The Morgan fingerprint density at radius 2 is 2.29 bits per heavy atom. The maximum Gasteiger partial charge on any atom is 0.143 e. The lowest BCUT2D eigenvalue weighted by Crippen LogP contribution is -2.49. The topological polar surface area (TPSA) is 42.2 Å². The summed E-state index contributed by atoms with van der Waals surface area (Å²) in [6.07, 6.45) is 4.31. The SMILES string of the molecule is CC1CCCN(c2ncc(Br)cc2Br)C1CN. The first-order valence-corrected chi connectivity index (χ1v) is 7.50. The average molecular weight is 363 g/mol. The number of hydrogen-bond donors (Lipinski definition) is 1. The summed E-state index contributed by atoms with van der Waals surface area (Å²) >= 11 is 7.01. The third-order valence-electron chi connectivity index (χ3n) is 3.42. The highest BCUT2D eigenvalue weighted by atomic mass is 79.9. The molecule has 1 aromatic rings. The fraction of sp³-hybridized carbons (Fsp3) is 0.583. The number of anilines is 1. The smallest absolute Gasteiger partial charge is 0.143 e. The Balaban J connectivity index is 2.30. The Hall–Kier alpha value is -0.130. The zero-order chi connectivity index (χ0) is 12.4. The molecule has 1 fully saturated rings. The molecule has 2 atom stereocenters. The van der Waals surface area contributed by atoms with Crippen molar-refractivity contribution in [2.24, 2.45) is 11.7 Å². The minimum atomic E-state index is 0.397. The maximum absolute atomic E-state index is 5.91. The van der Waals surface area contributed by atoms with E-state index in [1.165, 1.54) is 12.8 Å². The van der Waals surface area contributed by atoms with Gasteiger partial charge in [0, 0.05) is 29.8 Å². The Morgan fingerprint density at radius 1 is 1.53 bits per heavy atom. The zero-order valence-electron chi connectivity index (χ0n) is 9.87. The average Bonchev–Trinajstić information content (AvgIpc) is 2.29. The molecule has 2 unspecified atom stereocenters. The van der Waals surface area contributed by atoms with Crippen molar-refractivity contribution in [3.8, 4) is 0 Å². The van der Waals surface area contributed by atoms with E-state index in [1.54, 1.807) is 0 Å². The van der Waals surface area contributed by atoms with Crippen LogP contribution in [-0.2, 0) is 0 Å². The molecule has 0 aliphatic carbocycles. The van der Waals surface area contributed by atoms with Crippen molar-refractivity contribution < 1.29 is 0 Å². The van der Waals surface area contributed by atoms with Crippen LogP contribution in [0.2, 0.25) is 0 Å². The predicted octanol–water partition coefficient (Wildman–Crippen LogP) is 3.17. The first-order chi connectivity index (χ1) is 8.13. The molecule has 0 spiro atoms. The summed E-state index contributed by atoms with van der Waals surface area (Å²) in [5.41, 5.74) is 5.91. The van der Waals surface area contributed by atoms with Gasteiger partial charge >= 0.3 is 0 Å². The number of aromatic nitrogens is 1. The molecule has 1 aromatic heterocycles.